The number of halogens is 1. The Hall–Kier alpha value is -2.55. The largest absolute Gasteiger partial charge is 0.493 e. The number of benzene rings is 2. The molecular weight excluding hydrogens is 473 g/mol. The van der Waals surface area contributed by atoms with Gasteiger partial charge in [-0.2, -0.15) is 0 Å². The molecule has 1 aliphatic rings. The molecule has 1 heterocycles. The second kappa shape index (κ2) is 8.22. The van der Waals surface area contributed by atoms with Crippen LogP contribution in [0.15, 0.2) is 30.5 Å². The molecule has 0 aliphatic heterocycles. The first-order valence-electron chi connectivity index (χ1n) is 8.37. The summed E-state index contributed by atoms with van der Waals surface area (Å²) in [7, 11) is 6.26. The van der Waals surface area contributed by atoms with E-state index in [-0.39, 0.29) is 5.78 Å². The molecule has 1 aromatic heterocycles. The molecule has 4 rings (SSSR count). The van der Waals surface area contributed by atoms with Gasteiger partial charge in [-0.25, -0.2) is 0 Å². The first-order chi connectivity index (χ1) is 13.6. The number of pyridine rings is 1. The van der Waals surface area contributed by atoms with E-state index in [0.29, 0.717) is 39.8 Å². The Labute approximate surface area is 176 Å². The lowest BCUT2D eigenvalue weighted by Gasteiger charge is -2.24. The third kappa shape index (κ3) is 2.94. The highest BCUT2D eigenvalue weighted by Gasteiger charge is 2.32. The molecule has 0 saturated carbocycles. The summed E-state index contributed by atoms with van der Waals surface area (Å²) in [6, 6.07) is 7.17. The van der Waals surface area contributed by atoms with Crippen LogP contribution in [0.25, 0.3) is 21.9 Å². The predicted molar refractivity (Wildman–Crippen MR) is 117 cm³/mol. The third-order valence-electron chi connectivity index (χ3n) is 4.65. The summed E-state index contributed by atoms with van der Waals surface area (Å²) in [6.07, 6.45) is 1.62. The van der Waals surface area contributed by atoms with E-state index in [2.05, 4.69) is 27.6 Å². The smallest absolute Gasteiger partial charge is 0.212 e. The molecule has 0 spiro atoms. The molecule has 0 saturated heterocycles. The van der Waals surface area contributed by atoms with Crippen LogP contribution in [0, 0.1) is 0 Å². The number of methoxy groups -OCH3 is 4. The number of rotatable bonds is 4. The molecule has 1 aliphatic carbocycles. The molecule has 2 aromatic carbocycles. The number of hydrogen-bond acceptors (Lipinski definition) is 6. The van der Waals surface area contributed by atoms with E-state index in [1.54, 1.807) is 39.7 Å². The number of aromatic nitrogens is 1. The Bertz CT molecular complexity index is 1060. The van der Waals surface area contributed by atoms with Crippen molar-refractivity contribution in [3.63, 3.8) is 0 Å². The van der Waals surface area contributed by atoms with Crippen LogP contribution in [-0.4, -0.2) is 44.1 Å². The van der Waals surface area contributed by atoms with E-state index in [4.69, 9.17) is 18.9 Å². The molecule has 0 N–H and O–H groups in total. The van der Waals surface area contributed by atoms with Crippen molar-refractivity contribution in [2.45, 2.75) is 0 Å². The predicted octanol–water partition coefficient (Wildman–Crippen LogP) is 4.53. The minimum Gasteiger partial charge on any atom is -0.493 e. The molecule has 0 atom stereocenters. The zero-order valence-corrected chi connectivity index (χ0v) is 18.4. The Kier molecular flexibility index (Phi) is 5.93. The monoisotopic (exact) mass is 493 g/mol. The Balaban J connectivity index is 0.00000109. The average molecular weight is 493 g/mol. The van der Waals surface area contributed by atoms with Crippen LogP contribution in [-0.2, 0) is 0 Å². The Morgan fingerprint density at radius 1 is 0.821 bits per heavy atom. The lowest BCUT2D eigenvalue weighted by molar-refractivity contribution is 0.103. The normalized spacial score (nSPS) is 11.3. The number of ketones is 1. The van der Waals surface area contributed by atoms with Crippen LogP contribution in [0.4, 0.5) is 0 Å². The standard InChI is InChI=1S/C20H17NO5.CH3I/c1-23-13-8-11-12(9-14(13)24-2)19(22)18-16-10(5-6-21-18)7-15(25-3)20(26-4)17(11)16;1-2/h5-9H,1-4H3;1H3. The number of ether oxygens (including phenoxy) is 4. The van der Waals surface area contributed by atoms with Gasteiger partial charge in [-0.15, -0.1) is 0 Å². The van der Waals surface area contributed by atoms with Crippen LogP contribution in [0.3, 0.4) is 0 Å². The summed E-state index contributed by atoms with van der Waals surface area (Å²) in [4.78, 5) is 19.4. The molecule has 0 bridgehead atoms. The SMILES string of the molecule is CI.COc1cc2c(cc1OC)-c1c(OC)c(OC)cc3ccnc(c13)C2=O. The molecule has 0 fully saturated rings. The fourth-order valence-corrected chi connectivity index (χ4v) is 3.49. The maximum atomic E-state index is 13.1. The zero-order valence-electron chi connectivity index (χ0n) is 16.3. The summed E-state index contributed by atoms with van der Waals surface area (Å²) >= 11 is 2.15. The van der Waals surface area contributed by atoms with E-state index >= 15 is 0 Å². The molecule has 6 nitrogen and oxygen atoms in total. The van der Waals surface area contributed by atoms with E-state index in [9.17, 15) is 4.79 Å². The molecule has 0 unspecified atom stereocenters. The van der Waals surface area contributed by atoms with Crippen molar-refractivity contribution in [1.82, 2.24) is 4.98 Å². The third-order valence-corrected chi connectivity index (χ3v) is 4.65. The topological polar surface area (TPSA) is 66.9 Å². The van der Waals surface area contributed by atoms with E-state index in [0.717, 1.165) is 16.3 Å². The van der Waals surface area contributed by atoms with Crippen LogP contribution in [0.2, 0.25) is 0 Å². The van der Waals surface area contributed by atoms with Crippen molar-refractivity contribution in [3.05, 3.63) is 41.7 Å². The number of carbonyl (C=O) groups is 1. The average Bonchev–Trinajstić information content (AvgIpc) is 2.76. The fourth-order valence-electron chi connectivity index (χ4n) is 3.49. The first kappa shape index (κ1) is 20.2. The van der Waals surface area contributed by atoms with Gasteiger partial charge in [0, 0.05) is 28.3 Å². The quantitative estimate of drug-likeness (QED) is 0.308. The maximum Gasteiger partial charge on any atom is 0.212 e. The molecule has 0 radical (unpaired) electrons. The van der Waals surface area contributed by atoms with Crippen LogP contribution >= 0.6 is 22.6 Å². The van der Waals surface area contributed by atoms with Gasteiger partial charge < -0.3 is 18.9 Å². The van der Waals surface area contributed by atoms with Crippen molar-refractivity contribution in [1.29, 1.82) is 0 Å². The van der Waals surface area contributed by atoms with Gasteiger partial charge >= 0.3 is 0 Å². The Morgan fingerprint density at radius 2 is 1.43 bits per heavy atom. The second-order valence-corrected chi connectivity index (χ2v) is 5.83. The first-order valence-corrected chi connectivity index (χ1v) is 10.5. The number of nitrogens with zero attached hydrogens (tertiary/aromatic N) is 1. The Morgan fingerprint density at radius 3 is 2.00 bits per heavy atom. The molecule has 3 aromatic rings. The fraction of sp³-hybridized carbons (Fsp3) is 0.238. The van der Waals surface area contributed by atoms with Crippen molar-refractivity contribution < 1.29 is 23.7 Å². The highest BCUT2D eigenvalue weighted by atomic mass is 127. The van der Waals surface area contributed by atoms with E-state index in [1.807, 2.05) is 17.1 Å². The van der Waals surface area contributed by atoms with Crippen molar-refractivity contribution >= 4 is 39.1 Å². The highest BCUT2D eigenvalue weighted by molar-refractivity contribution is 14.1. The van der Waals surface area contributed by atoms with Gasteiger partial charge in [-0.3, -0.25) is 9.78 Å². The number of fused-ring (bicyclic) bond motifs is 2. The van der Waals surface area contributed by atoms with Gasteiger partial charge in [0.2, 0.25) is 5.78 Å². The summed E-state index contributed by atoms with van der Waals surface area (Å²) in [5.74, 6) is 1.99. The van der Waals surface area contributed by atoms with Gasteiger partial charge in [-0.1, -0.05) is 22.6 Å². The minimum atomic E-state index is -0.161. The van der Waals surface area contributed by atoms with Crippen LogP contribution < -0.4 is 18.9 Å². The number of hydrogen-bond donors (Lipinski definition) is 0. The van der Waals surface area contributed by atoms with Gasteiger partial charge in [0.25, 0.3) is 0 Å². The van der Waals surface area contributed by atoms with Crippen molar-refractivity contribution in [3.8, 4) is 34.1 Å². The zero-order chi connectivity index (χ0) is 20.4. The van der Waals surface area contributed by atoms with Gasteiger partial charge in [0.1, 0.15) is 5.69 Å². The van der Waals surface area contributed by atoms with Gasteiger partial charge in [-0.05, 0) is 34.6 Å². The van der Waals surface area contributed by atoms with Gasteiger partial charge in [0.15, 0.2) is 23.0 Å². The van der Waals surface area contributed by atoms with Crippen LogP contribution in [0.1, 0.15) is 16.1 Å². The van der Waals surface area contributed by atoms with E-state index in [1.165, 1.54) is 7.11 Å². The van der Waals surface area contributed by atoms with Crippen molar-refractivity contribution in [2.75, 3.05) is 33.4 Å². The maximum absolute atomic E-state index is 13.1. The lowest BCUT2D eigenvalue weighted by atomic mass is 9.84. The molecule has 146 valence electrons. The summed E-state index contributed by atoms with van der Waals surface area (Å²) in [6.45, 7) is 0. The van der Waals surface area contributed by atoms with Crippen LogP contribution in [0.5, 0.6) is 23.0 Å². The van der Waals surface area contributed by atoms with Gasteiger partial charge in [0.05, 0.1) is 28.4 Å². The summed E-state index contributed by atoms with van der Waals surface area (Å²) in [5, 5.41) is 1.60. The molecule has 7 heteroatoms. The van der Waals surface area contributed by atoms with Crippen molar-refractivity contribution in [2.24, 2.45) is 0 Å². The number of alkyl halides is 1. The highest BCUT2D eigenvalue weighted by Crippen LogP contribution is 2.50. The molecule has 0 amide bonds. The number of carbonyl (C=O) groups excluding carboxylic acids is 1. The lowest BCUT2D eigenvalue weighted by Crippen LogP contribution is -2.13. The summed E-state index contributed by atoms with van der Waals surface area (Å²) in [5.41, 5.74) is 2.34. The molecule has 28 heavy (non-hydrogen) atoms. The minimum absolute atomic E-state index is 0.161. The second-order valence-electron chi connectivity index (χ2n) is 5.83. The summed E-state index contributed by atoms with van der Waals surface area (Å²) < 4.78 is 21.9. The van der Waals surface area contributed by atoms with E-state index < -0.39 is 0 Å². The molecular formula is C21H20INO5.